The predicted molar refractivity (Wildman–Crippen MR) is 105 cm³/mol. The van der Waals surface area contributed by atoms with Crippen LogP contribution in [0.3, 0.4) is 0 Å². The van der Waals surface area contributed by atoms with Gasteiger partial charge in [0.25, 0.3) is 0 Å². The summed E-state index contributed by atoms with van der Waals surface area (Å²) >= 11 is 0. The molecule has 2 aromatic rings. The van der Waals surface area contributed by atoms with Crippen LogP contribution in [0.1, 0.15) is 25.0 Å². The van der Waals surface area contributed by atoms with Crippen LogP contribution in [0.4, 0.5) is 0 Å². The van der Waals surface area contributed by atoms with E-state index in [0.29, 0.717) is 29.0 Å². The average Bonchev–Trinajstić information content (AvgIpc) is 2.59. The van der Waals surface area contributed by atoms with Crippen LogP contribution in [-0.4, -0.2) is 33.3 Å². The molecule has 27 heavy (non-hydrogen) atoms. The van der Waals surface area contributed by atoms with Gasteiger partial charge in [-0.25, -0.2) is 0 Å². The molecular weight excluding hydrogens is 368 g/mol. The number of aliphatic hydroxyl groups is 1. The molecule has 1 N–H and O–H groups in total. The Kier molecular flexibility index (Phi) is 6.51. The van der Waals surface area contributed by atoms with Crippen LogP contribution in [0.25, 0.3) is 6.08 Å². The number of rotatable bonds is 8. The first kappa shape index (κ1) is 20.8. The van der Waals surface area contributed by atoms with E-state index in [1.807, 2.05) is 0 Å². The highest BCUT2D eigenvalue weighted by Gasteiger charge is 2.19. The molecule has 0 heterocycles. The molecule has 6 nitrogen and oxygen atoms in total. The zero-order valence-corrected chi connectivity index (χ0v) is 16.6. The summed E-state index contributed by atoms with van der Waals surface area (Å²) in [6.07, 6.45) is 1.72. The second-order valence-corrected chi connectivity index (χ2v) is 8.01. The van der Waals surface area contributed by atoms with Gasteiger partial charge in [-0.1, -0.05) is 18.2 Å². The number of ether oxygens (including phenoxy) is 2. The summed E-state index contributed by atoms with van der Waals surface area (Å²) < 4.78 is 40.1. The van der Waals surface area contributed by atoms with Crippen LogP contribution < -0.4 is 13.7 Å². The molecule has 0 unspecified atom stereocenters. The maximum absolute atomic E-state index is 12.2. The summed E-state index contributed by atoms with van der Waals surface area (Å²) in [5, 5.41) is 11.2. The van der Waals surface area contributed by atoms with Crippen LogP contribution in [0.15, 0.2) is 47.9 Å². The van der Waals surface area contributed by atoms with Gasteiger partial charge >= 0.3 is 10.1 Å². The minimum Gasteiger partial charge on any atom is -0.493 e. The molecule has 0 radical (unpaired) electrons. The molecule has 0 aliphatic heterocycles. The Morgan fingerprint density at radius 2 is 1.63 bits per heavy atom. The van der Waals surface area contributed by atoms with Crippen molar-refractivity contribution in [2.75, 3.05) is 14.2 Å². The van der Waals surface area contributed by atoms with Gasteiger partial charge in [-0.15, -0.1) is 0 Å². The number of hydrogen-bond acceptors (Lipinski definition) is 6. The lowest BCUT2D eigenvalue weighted by atomic mass is 9.94. The van der Waals surface area contributed by atoms with Crippen molar-refractivity contribution < 1.29 is 27.2 Å². The molecule has 7 heteroatoms. The van der Waals surface area contributed by atoms with Gasteiger partial charge in [-0.05, 0) is 55.3 Å². The zero-order valence-electron chi connectivity index (χ0n) is 15.8. The van der Waals surface area contributed by atoms with Crippen molar-refractivity contribution in [2.24, 2.45) is 0 Å². The van der Waals surface area contributed by atoms with E-state index in [1.54, 1.807) is 56.3 Å². The second kappa shape index (κ2) is 8.45. The van der Waals surface area contributed by atoms with Gasteiger partial charge in [0, 0.05) is 6.42 Å². The maximum atomic E-state index is 12.2. The van der Waals surface area contributed by atoms with Crippen molar-refractivity contribution >= 4 is 16.2 Å². The Labute approximate surface area is 160 Å². The molecule has 0 aromatic heterocycles. The Morgan fingerprint density at radius 3 is 2.19 bits per heavy atom. The summed E-state index contributed by atoms with van der Waals surface area (Å²) in [5.41, 5.74) is 0.308. The maximum Gasteiger partial charge on any atom is 0.332 e. The highest BCUT2D eigenvalue weighted by Crippen LogP contribution is 2.33. The van der Waals surface area contributed by atoms with Crippen molar-refractivity contribution in [1.29, 1.82) is 0 Å². The lowest BCUT2D eigenvalue weighted by molar-refractivity contribution is 0.0809. The van der Waals surface area contributed by atoms with E-state index < -0.39 is 15.7 Å². The highest BCUT2D eigenvalue weighted by molar-refractivity contribution is 7.90. The molecule has 0 saturated heterocycles. The molecule has 0 aliphatic carbocycles. The molecule has 0 aliphatic rings. The molecular formula is C20H24O6S. The fraction of sp³-hybridized carbons (Fsp3) is 0.300. The van der Waals surface area contributed by atoms with Gasteiger partial charge in [-0.3, -0.25) is 0 Å². The van der Waals surface area contributed by atoms with Crippen molar-refractivity contribution in [3.05, 3.63) is 59.0 Å². The van der Waals surface area contributed by atoms with E-state index >= 15 is 0 Å². The van der Waals surface area contributed by atoms with Gasteiger partial charge < -0.3 is 18.8 Å². The quantitative estimate of drug-likeness (QED) is 0.694. The van der Waals surface area contributed by atoms with Gasteiger partial charge in [0.05, 0.1) is 25.2 Å². The Balaban J connectivity index is 2.38. The average molecular weight is 392 g/mol. The minimum absolute atomic E-state index is 0.228. The van der Waals surface area contributed by atoms with E-state index in [2.05, 4.69) is 0 Å². The second-order valence-electron chi connectivity index (χ2n) is 6.59. The molecule has 0 fully saturated rings. The van der Waals surface area contributed by atoms with Crippen molar-refractivity contribution in [3.63, 3.8) is 0 Å². The molecule has 0 spiro atoms. The first-order valence-corrected chi connectivity index (χ1v) is 9.75. The van der Waals surface area contributed by atoms with Gasteiger partial charge in [-0.2, -0.15) is 8.42 Å². The lowest BCUT2D eigenvalue weighted by Crippen LogP contribution is -2.22. The number of methoxy groups -OCH3 is 2. The fourth-order valence-electron chi connectivity index (χ4n) is 2.51. The summed E-state index contributed by atoms with van der Waals surface area (Å²) in [7, 11) is -0.934. The fourth-order valence-corrected chi connectivity index (χ4v) is 3.25. The largest absolute Gasteiger partial charge is 0.493 e. The molecule has 0 atom stereocenters. The Morgan fingerprint density at radius 1 is 1.04 bits per heavy atom. The molecule has 0 saturated carbocycles. The minimum atomic E-state index is -3.94. The van der Waals surface area contributed by atoms with Crippen molar-refractivity contribution in [3.8, 4) is 17.2 Å². The van der Waals surface area contributed by atoms with E-state index in [9.17, 15) is 13.5 Å². The van der Waals surface area contributed by atoms with Crippen molar-refractivity contribution in [2.45, 2.75) is 25.9 Å². The van der Waals surface area contributed by atoms with E-state index in [4.69, 9.17) is 13.7 Å². The van der Waals surface area contributed by atoms with Gasteiger partial charge in [0.15, 0.2) is 11.5 Å². The zero-order chi connectivity index (χ0) is 20.1. The number of hydrogen-bond donors (Lipinski definition) is 1. The summed E-state index contributed by atoms with van der Waals surface area (Å²) in [5.74, 6) is 1.18. The molecule has 146 valence electrons. The van der Waals surface area contributed by atoms with Gasteiger partial charge in [0.2, 0.25) is 0 Å². The van der Waals surface area contributed by atoms with Crippen LogP contribution in [0.2, 0.25) is 0 Å². The third-order valence-electron chi connectivity index (χ3n) is 3.64. The first-order chi connectivity index (χ1) is 12.6. The summed E-state index contributed by atoms with van der Waals surface area (Å²) in [6.45, 7) is 3.35. The third-order valence-corrected chi connectivity index (χ3v) is 4.53. The van der Waals surface area contributed by atoms with Crippen molar-refractivity contribution in [1.82, 2.24) is 0 Å². The Bertz CT molecular complexity index is 896. The van der Waals surface area contributed by atoms with E-state index in [1.165, 1.54) is 20.3 Å². The van der Waals surface area contributed by atoms with Crippen LogP contribution in [0.5, 0.6) is 17.2 Å². The van der Waals surface area contributed by atoms with E-state index in [0.717, 1.165) is 5.41 Å². The standard InChI is InChI=1S/C20H24O6S/c1-20(2,21)14-16-13-19(25-4)18(24-3)12-15(16)10-11-27(22,23)26-17-8-6-5-7-9-17/h5-13,21H,14H2,1-4H3/b11-10+. The molecule has 2 aromatic carbocycles. The molecule has 2 rings (SSSR count). The SMILES string of the molecule is COc1cc(/C=C/S(=O)(=O)Oc2ccccc2)c(CC(C)(C)O)cc1OC. The van der Waals surface area contributed by atoms with Crippen LogP contribution >= 0.6 is 0 Å². The van der Waals surface area contributed by atoms with Gasteiger partial charge in [0.1, 0.15) is 5.75 Å². The monoisotopic (exact) mass is 392 g/mol. The molecule has 0 bridgehead atoms. The van der Waals surface area contributed by atoms with Crippen LogP contribution in [-0.2, 0) is 16.5 Å². The number of para-hydroxylation sites is 1. The van der Waals surface area contributed by atoms with E-state index in [-0.39, 0.29) is 5.75 Å². The summed E-state index contributed by atoms with van der Waals surface area (Å²) in [6, 6.07) is 11.6. The Hall–Kier alpha value is -2.51. The van der Waals surface area contributed by atoms with Crippen LogP contribution in [0, 0.1) is 0 Å². The topological polar surface area (TPSA) is 82.1 Å². The lowest BCUT2D eigenvalue weighted by Gasteiger charge is -2.20. The third kappa shape index (κ3) is 6.30. The molecule has 0 amide bonds. The smallest absolute Gasteiger partial charge is 0.332 e. The normalized spacial score (nSPS) is 12.2. The highest BCUT2D eigenvalue weighted by atomic mass is 32.2. The predicted octanol–water partition coefficient (Wildman–Crippen LogP) is 3.40. The first-order valence-electron chi connectivity index (χ1n) is 8.28. The summed E-state index contributed by atoms with van der Waals surface area (Å²) in [4.78, 5) is 0. The number of benzene rings is 2.